The fraction of sp³-hybridized carbons (Fsp3) is 0.684. The minimum absolute atomic E-state index is 0.114. The van der Waals surface area contributed by atoms with Crippen molar-refractivity contribution in [3.05, 3.63) is 23.8 Å². The molecule has 1 heterocycles. The van der Waals surface area contributed by atoms with Crippen LogP contribution in [0.4, 0.5) is 0 Å². The molecule has 7 heteroatoms. The third-order valence-corrected chi connectivity index (χ3v) is 6.77. The highest BCUT2D eigenvalue weighted by Crippen LogP contribution is 2.37. The van der Waals surface area contributed by atoms with E-state index in [9.17, 15) is 4.55 Å². The zero-order valence-electron chi connectivity index (χ0n) is 17.4. The summed E-state index contributed by atoms with van der Waals surface area (Å²) < 4.78 is 33.0. The first-order valence-electron chi connectivity index (χ1n) is 9.00. The van der Waals surface area contributed by atoms with Gasteiger partial charge in [-0.15, -0.1) is 4.72 Å². The largest absolute Gasteiger partial charge is 0.598 e. The van der Waals surface area contributed by atoms with Gasteiger partial charge < -0.3 is 18.6 Å². The Morgan fingerprint density at radius 2 is 1.69 bits per heavy atom. The molecule has 0 aromatic heterocycles. The second kappa shape index (κ2) is 7.36. The average Bonchev–Trinajstić information content (AvgIpc) is 2.73. The molecule has 1 N–H and O–H groups in total. The molecule has 1 aromatic carbocycles. The van der Waals surface area contributed by atoms with Gasteiger partial charge in [0.2, 0.25) is 0 Å². The Morgan fingerprint density at radius 1 is 1.15 bits per heavy atom. The summed E-state index contributed by atoms with van der Waals surface area (Å²) in [7, 11) is 1.20. The van der Waals surface area contributed by atoms with E-state index in [0.717, 1.165) is 16.8 Å². The van der Waals surface area contributed by atoms with Gasteiger partial charge >= 0.3 is 7.12 Å². The van der Waals surface area contributed by atoms with Crippen LogP contribution in [-0.4, -0.2) is 34.7 Å². The Labute approximate surface area is 161 Å². The number of ether oxygens (including phenoxy) is 1. The van der Waals surface area contributed by atoms with E-state index < -0.39 is 18.5 Å². The van der Waals surface area contributed by atoms with Crippen molar-refractivity contribution in [2.75, 3.05) is 7.11 Å². The van der Waals surface area contributed by atoms with Crippen LogP contribution in [0, 0.1) is 0 Å². The van der Waals surface area contributed by atoms with Crippen molar-refractivity contribution >= 4 is 23.9 Å². The molecule has 2 rings (SSSR count). The van der Waals surface area contributed by atoms with Crippen LogP contribution >= 0.6 is 0 Å². The summed E-state index contributed by atoms with van der Waals surface area (Å²) in [5, 5.41) is 0. The molecule has 26 heavy (non-hydrogen) atoms. The number of hydrogen-bond donors (Lipinski definition) is 1. The molecular formula is C19H32BNO4S. The molecule has 146 valence electrons. The topological polar surface area (TPSA) is 62.8 Å². The maximum atomic E-state index is 12.4. The maximum Gasteiger partial charge on any atom is 0.494 e. The number of nitrogens with one attached hydrogen (secondary N) is 1. The quantitative estimate of drug-likeness (QED) is 0.627. The molecule has 0 saturated carbocycles. The van der Waals surface area contributed by atoms with Crippen molar-refractivity contribution in [2.45, 2.75) is 77.4 Å². The van der Waals surface area contributed by atoms with E-state index in [2.05, 4.69) is 4.72 Å². The second-order valence-electron chi connectivity index (χ2n) is 8.81. The fourth-order valence-electron chi connectivity index (χ4n) is 2.61. The van der Waals surface area contributed by atoms with Gasteiger partial charge in [0.15, 0.2) is 0 Å². The number of methoxy groups -OCH3 is 1. The second-order valence-corrected chi connectivity index (χ2v) is 10.8. The minimum Gasteiger partial charge on any atom is -0.598 e. The monoisotopic (exact) mass is 381 g/mol. The molecule has 1 aliphatic heterocycles. The zero-order chi connectivity index (χ0) is 19.9. The molecule has 0 amide bonds. The van der Waals surface area contributed by atoms with E-state index in [4.69, 9.17) is 14.0 Å². The van der Waals surface area contributed by atoms with Crippen LogP contribution in [0.5, 0.6) is 5.75 Å². The van der Waals surface area contributed by atoms with Gasteiger partial charge in [0.1, 0.15) is 10.5 Å². The molecule has 0 radical (unpaired) electrons. The molecule has 0 aliphatic carbocycles. The van der Waals surface area contributed by atoms with Crippen LogP contribution in [0.3, 0.4) is 0 Å². The van der Waals surface area contributed by atoms with Gasteiger partial charge in [-0.1, -0.05) is 12.1 Å². The highest BCUT2D eigenvalue weighted by atomic mass is 32.2. The molecule has 0 spiro atoms. The van der Waals surface area contributed by atoms with Crippen molar-refractivity contribution in [3.63, 3.8) is 0 Å². The summed E-state index contributed by atoms with van der Waals surface area (Å²) in [5.74, 6) is 0.725. The van der Waals surface area contributed by atoms with E-state index >= 15 is 0 Å². The maximum absolute atomic E-state index is 12.4. The Balaban J connectivity index is 2.23. The number of benzene rings is 1. The van der Waals surface area contributed by atoms with Crippen molar-refractivity contribution in [3.8, 4) is 5.75 Å². The minimum atomic E-state index is -1.16. The summed E-state index contributed by atoms with van der Waals surface area (Å²) in [6.45, 7) is 16.0. The Hall–Kier alpha value is -0.725. The van der Waals surface area contributed by atoms with Gasteiger partial charge in [-0.2, -0.15) is 0 Å². The molecule has 1 fully saturated rings. The Morgan fingerprint density at radius 3 is 2.15 bits per heavy atom. The van der Waals surface area contributed by atoms with Crippen molar-refractivity contribution in [1.82, 2.24) is 4.72 Å². The van der Waals surface area contributed by atoms with Gasteiger partial charge in [-0.3, -0.25) is 0 Å². The van der Waals surface area contributed by atoms with Crippen molar-refractivity contribution in [2.24, 2.45) is 0 Å². The zero-order valence-corrected chi connectivity index (χ0v) is 18.2. The van der Waals surface area contributed by atoms with E-state index in [1.54, 1.807) is 7.11 Å². The third kappa shape index (κ3) is 4.39. The lowest BCUT2D eigenvalue weighted by atomic mass is 9.78. The molecule has 0 bridgehead atoms. The van der Waals surface area contributed by atoms with Crippen LogP contribution < -0.4 is 14.9 Å². The normalized spacial score (nSPS) is 21.5. The lowest BCUT2D eigenvalue weighted by Crippen LogP contribution is -2.41. The van der Waals surface area contributed by atoms with Crippen LogP contribution in [0.25, 0.3) is 0 Å². The molecule has 1 aromatic rings. The lowest BCUT2D eigenvalue weighted by Gasteiger charge is -2.32. The van der Waals surface area contributed by atoms with Crippen molar-refractivity contribution < 1.29 is 18.6 Å². The van der Waals surface area contributed by atoms with E-state index in [1.165, 1.54) is 0 Å². The molecular weight excluding hydrogens is 349 g/mol. The smallest absolute Gasteiger partial charge is 0.494 e. The number of hydrogen-bond acceptors (Lipinski definition) is 5. The van der Waals surface area contributed by atoms with Crippen LogP contribution in [0.2, 0.25) is 0 Å². The van der Waals surface area contributed by atoms with Gasteiger partial charge in [0.25, 0.3) is 0 Å². The van der Waals surface area contributed by atoms with Gasteiger partial charge in [-0.05, 0) is 66.9 Å². The first-order valence-corrected chi connectivity index (χ1v) is 10.1. The molecule has 5 nitrogen and oxygen atoms in total. The van der Waals surface area contributed by atoms with Crippen LogP contribution in [0.15, 0.2) is 18.2 Å². The molecule has 1 saturated heterocycles. The first kappa shape index (κ1) is 21.6. The summed E-state index contributed by atoms with van der Waals surface area (Å²) in [4.78, 5) is 0. The van der Waals surface area contributed by atoms with E-state index in [-0.39, 0.29) is 22.0 Å². The third-order valence-electron chi connectivity index (χ3n) is 5.09. The predicted octanol–water partition coefficient (Wildman–Crippen LogP) is 3.11. The SMILES string of the molecule is COc1cc(B2OC(C)(C)C(C)(C)O2)ccc1C(C)N[S@@+]([O-])C(C)(C)C. The van der Waals surface area contributed by atoms with Crippen LogP contribution in [-0.2, 0) is 20.7 Å². The molecule has 1 unspecified atom stereocenters. The lowest BCUT2D eigenvalue weighted by molar-refractivity contribution is 0.00578. The van der Waals surface area contributed by atoms with E-state index in [1.807, 2.05) is 73.6 Å². The van der Waals surface area contributed by atoms with Gasteiger partial charge in [0.05, 0.1) is 24.4 Å². The van der Waals surface area contributed by atoms with E-state index in [0.29, 0.717) is 0 Å². The predicted molar refractivity (Wildman–Crippen MR) is 108 cm³/mol. The summed E-state index contributed by atoms with van der Waals surface area (Å²) in [5.41, 5.74) is 1.09. The van der Waals surface area contributed by atoms with Gasteiger partial charge in [0, 0.05) is 16.9 Å². The highest BCUT2D eigenvalue weighted by molar-refractivity contribution is 7.90. The van der Waals surface area contributed by atoms with Crippen molar-refractivity contribution in [1.29, 1.82) is 0 Å². The van der Waals surface area contributed by atoms with Crippen LogP contribution in [0.1, 0.15) is 67.0 Å². The standard InChI is InChI=1S/C19H32BNO4S/c1-13(21-26(22)17(2,3)4)15-11-10-14(12-16(15)23-9)20-24-18(5,6)19(7,8)25-20/h10-13,21H,1-9H3/t13?,26-/m0/s1. The Bertz CT molecular complexity index is 629. The summed E-state index contributed by atoms with van der Waals surface area (Å²) >= 11 is -1.16. The highest BCUT2D eigenvalue weighted by Gasteiger charge is 2.51. The molecule has 1 aliphatic rings. The van der Waals surface area contributed by atoms with Gasteiger partial charge in [-0.25, -0.2) is 0 Å². The Kier molecular flexibility index (Phi) is 6.11. The molecule has 2 atom stereocenters. The number of rotatable bonds is 5. The summed E-state index contributed by atoms with van der Waals surface area (Å²) in [6, 6.07) is 5.79. The fourth-order valence-corrected chi connectivity index (χ4v) is 3.41. The first-order chi connectivity index (χ1) is 11.8. The average molecular weight is 381 g/mol. The summed E-state index contributed by atoms with van der Waals surface area (Å²) in [6.07, 6.45) is 0.